The number of nitrogens with zero attached hydrogens (tertiary/aromatic N) is 5. The predicted octanol–water partition coefficient (Wildman–Crippen LogP) is 3.85. The van der Waals surface area contributed by atoms with Crippen LogP contribution >= 0.6 is 0 Å². The highest BCUT2D eigenvalue weighted by Crippen LogP contribution is 2.40. The van der Waals surface area contributed by atoms with Crippen molar-refractivity contribution in [2.75, 3.05) is 15.8 Å². The van der Waals surface area contributed by atoms with Gasteiger partial charge in [0, 0.05) is 77.8 Å². The number of imide groups is 1. The van der Waals surface area contributed by atoms with Crippen molar-refractivity contribution in [2.24, 2.45) is 7.05 Å². The molecule has 5 atom stereocenters. The number of rotatable bonds is 25. The summed E-state index contributed by atoms with van der Waals surface area (Å²) in [6, 6.07) is 12.4. The molecule has 5 amide bonds. The van der Waals surface area contributed by atoms with E-state index in [2.05, 4.69) is 36.0 Å². The average Bonchev–Trinajstić information content (AvgIpc) is 4.38. The highest BCUT2D eigenvalue weighted by atomic mass is 32.2. The van der Waals surface area contributed by atoms with Gasteiger partial charge in [0.25, 0.3) is 17.4 Å². The number of aliphatic hydroxyl groups excluding tert-OH is 4. The molecule has 6 aromatic rings. The van der Waals surface area contributed by atoms with E-state index in [0.717, 1.165) is 12.1 Å². The summed E-state index contributed by atoms with van der Waals surface area (Å²) in [6.07, 6.45) is 0.869. The molecule has 2 aliphatic rings. The van der Waals surface area contributed by atoms with Crippen molar-refractivity contribution in [1.29, 1.82) is 0 Å². The number of pyridine rings is 1. The van der Waals surface area contributed by atoms with E-state index in [4.69, 9.17) is 4.74 Å². The number of amides is 5. The van der Waals surface area contributed by atoms with Gasteiger partial charge >= 0.3 is 0 Å². The molecule has 8 rings (SSSR count). The molecule has 3 aromatic carbocycles. The monoisotopic (exact) mass is 1110 g/mol. The second-order valence-electron chi connectivity index (χ2n) is 19.6. The molecule has 1 fully saturated rings. The molecule has 26 heteroatoms. The number of fused-ring (bicyclic) bond motifs is 2. The van der Waals surface area contributed by atoms with Crippen molar-refractivity contribution in [3.63, 3.8) is 0 Å². The number of aliphatic hydroxyl groups is 4. The largest absolute Gasteiger partial charge is 0.454 e. The summed E-state index contributed by atoms with van der Waals surface area (Å²) < 4.78 is 64.6. The van der Waals surface area contributed by atoms with Gasteiger partial charge in [0.05, 0.1) is 49.3 Å². The molecule has 23 nitrogen and oxygen atoms in total. The zero-order valence-corrected chi connectivity index (χ0v) is 43.9. The Morgan fingerprint density at radius 2 is 1.54 bits per heavy atom. The first-order valence-electron chi connectivity index (χ1n) is 25.6. The number of hydrogen-bond acceptors (Lipinski definition) is 15. The number of H-pyrrole nitrogens is 1. The predicted molar refractivity (Wildman–Crippen MR) is 282 cm³/mol. The first-order chi connectivity index (χ1) is 37.6. The van der Waals surface area contributed by atoms with Crippen LogP contribution in [0, 0.1) is 11.6 Å². The van der Waals surface area contributed by atoms with Gasteiger partial charge in [0.1, 0.15) is 34.5 Å². The first kappa shape index (κ1) is 57.3. The van der Waals surface area contributed by atoms with Gasteiger partial charge in [0.2, 0.25) is 27.7 Å². The van der Waals surface area contributed by atoms with Crippen molar-refractivity contribution < 1.29 is 66.3 Å². The Morgan fingerprint density at radius 3 is 2.24 bits per heavy atom. The molecule has 420 valence electrons. The second-order valence-corrected chi connectivity index (χ2v) is 21.6. The van der Waals surface area contributed by atoms with Gasteiger partial charge in [0.15, 0.2) is 11.6 Å². The Bertz CT molecular complexity index is 3460. The summed E-state index contributed by atoms with van der Waals surface area (Å²) in [4.78, 5) is 81.2. The molecule has 0 bridgehead atoms. The number of carbonyl (C=O) groups excluding carboxylic acids is 5. The normalized spacial score (nSPS) is 16.1. The Balaban J connectivity index is 0.768. The fourth-order valence-corrected chi connectivity index (χ4v) is 10.0. The third-order valence-corrected chi connectivity index (χ3v) is 15.0. The number of carbonyl (C=O) groups is 5. The average molecular weight is 1120 g/mol. The number of sulfonamides is 1. The van der Waals surface area contributed by atoms with Crippen molar-refractivity contribution >= 4 is 61.8 Å². The third-order valence-electron chi connectivity index (χ3n) is 13.7. The lowest BCUT2D eigenvalue weighted by Gasteiger charge is -2.29. The van der Waals surface area contributed by atoms with Crippen LogP contribution in [-0.2, 0) is 51.1 Å². The van der Waals surface area contributed by atoms with Crippen molar-refractivity contribution in [2.45, 2.75) is 121 Å². The second kappa shape index (κ2) is 24.8. The van der Waals surface area contributed by atoms with E-state index in [0.29, 0.717) is 34.1 Å². The van der Waals surface area contributed by atoms with Gasteiger partial charge in [-0.15, -0.1) is 5.10 Å². The van der Waals surface area contributed by atoms with Crippen LogP contribution in [0.1, 0.15) is 103 Å². The van der Waals surface area contributed by atoms with Crippen molar-refractivity contribution in [1.82, 2.24) is 40.1 Å². The van der Waals surface area contributed by atoms with Gasteiger partial charge < -0.3 is 50.2 Å². The Morgan fingerprint density at radius 1 is 0.848 bits per heavy atom. The number of ether oxygens (including phenoxy) is 1. The maximum atomic E-state index is 14.8. The summed E-state index contributed by atoms with van der Waals surface area (Å²) in [5, 5.41) is 58.6. The van der Waals surface area contributed by atoms with Crippen LogP contribution in [0.15, 0.2) is 77.9 Å². The van der Waals surface area contributed by atoms with Crippen LogP contribution in [0.2, 0.25) is 0 Å². The molecular weight excluding hydrogens is 1050 g/mol. The standard InChI is InChI=1S/C53H60F2N10O13S/c1-3-79(76,77)61-30-8-17-45(78-46-16-7-29(54)21-41(46)55)37(22-30)39-27-63(2)53(75)49-38(39)24-43(58-49)50(72)56-25-31-26-64(62-60-31)20-19-34(68)12-11-32(66)9-10-33(67)13-14-35(69)23-48(71)57-42-6-4-5-36-40(42)28-65(52(36)74)44-15-18-47(70)59-51(44)73/h4-8,16-17,21-22,24,26-27,32-35,44,58,61,66-69H,3,9-15,18-20,23,25,28H2,1-2H3,(H,56,72)(H,57,71)(H,59,70,73). The summed E-state index contributed by atoms with van der Waals surface area (Å²) in [5.41, 5.74) is 1.71. The number of piperidine rings is 1. The van der Waals surface area contributed by atoms with Gasteiger partial charge in [-0.2, -0.15) is 0 Å². The van der Waals surface area contributed by atoms with E-state index < -0.39 is 81.3 Å². The fourth-order valence-electron chi connectivity index (χ4n) is 9.38. The SMILES string of the molecule is CCS(=O)(=O)Nc1ccc(Oc2ccc(F)cc2F)c(-c2cn(C)c(=O)c3[nH]c(C(=O)NCc4cn(CCC(O)CCC(O)CCC(O)CCC(O)CC(=O)Nc5cccc6c5CN(C5CCC(=O)NC5=O)C6=O)nn4)cc23)c1. The lowest BCUT2D eigenvalue weighted by molar-refractivity contribution is -0.137. The maximum absolute atomic E-state index is 14.8. The highest BCUT2D eigenvalue weighted by Gasteiger charge is 2.40. The molecule has 5 unspecified atom stereocenters. The Labute approximate surface area is 451 Å². The van der Waals surface area contributed by atoms with E-state index >= 15 is 0 Å². The minimum absolute atomic E-state index is 0.0175. The number of nitrogens with one attached hydrogen (secondary N) is 5. The zero-order valence-electron chi connectivity index (χ0n) is 43.1. The molecule has 2 aliphatic heterocycles. The van der Waals surface area contributed by atoms with Crippen LogP contribution < -0.4 is 31.0 Å². The number of anilines is 2. The number of halogens is 2. The smallest absolute Gasteiger partial charge is 0.274 e. The fraction of sp³-hybridized carbons (Fsp3) is 0.396. The van der Waals surface area contributed by atoms with Crippen LogP contribution in [0.4, 0.5) is 20.2 Å². The van der Waals surface area contributed by atoms with Gasteiger partial charge in [-0.25, -0.2) is 17.2 Å². The lowest BCUT2D eigenvalue weighted by atomic mass is 9.99. The Kier molecular flexibility index (Phi) is 18.0. The first-order valence-corrected chi connectivity index (χ1v) is 27.3. The molecule has 5 heterocycles. The van der Waals surface area contributed by atoms with E-state index in [-0.39, 0.29) is 135 Å². The maximum Gasteiger partial charge on any atom is 0.274 e. The summed E-state index contributed by atoms with van der Waals surface area (Å²) in [5.74, 6) is -4.84. The number of benzene rings is 3. The van der Waals surface area contributed by atoms with Gasteiger partial charge in [-0.1, -0.05) is 11.3 Å². The minimum Gasteiger partial charge on any atom is -0.454 e. The molecule has 3 aromatic heterocycles. The molecule has 9 N–H and O–H groups in total. The third kappa shape index (κ3) is 14.2. The molecule has 0 aliphatic carbocycles. The highest BCUT2D eigenvalue weighted by molar-refractivity contribution is 7.92. The van der Waals surface area contributed by atoms with Crippen molar-refractivity contribution in [3.8, 4) is 22.6 Å². The molecule has 1 saturated heterocycles. The van der Waals surface area contributed by atoms with Crippen LogP contribution in [0.3, 0.4) is 0 Å². The topological polar surface area (TPSA) is 329 Å². The lowest BCUT2D eigenvalue weighted by Crippen LogP contribution is -2.52. The van der Waals surface area contributed by atoms with Gasteiger partial charge in [-0.3, -0.25) is 43.5 Å². The van der Waals surface area contributed by atoms with Crippen LogP contribution in [0.5, 0.6) is 11.5 Å². The number of aryl methyl sites for hydroxylation is 2. The zero-order chi connectivity index (χ0) is 56.7. The molecule has 79 heavy (non-hydrogen) atoms. The molecular formula is C53H60F2N10O13S. The van der Waals surface area contributed by atoms with E-state index in [1.807, 2.05) is 0 Å². The van der Waals surface area contributed by atoms with Crippen LogP contribution in [-0.4, -0.2) is 124 Å². The molecule has 0 spiro atoms. The summed E-state index contributed by atoms with van der Waals surface area (Å²) >= 11 is 0. The minimum atomic E-state index is -3.75. The molecule has 0 radical (unpaired) electrons. The quantitative estimate of drug-likeness (QED) is 0.0368. The van der Waals surface area contributed by atoms with E-state index in [1.54, 1.807) is 24.4 Å². The summed E-state index contributed by atoms with van der Waals surface area (Å²) in [7, 11) is -2.28. The van der Waals surface area contributed by atoms with E-state index in [1.165, 1.54) is 58.6 Å². The van der Waals surface area contributed by atoms with E-state index in [9.17, 15) is 66.4 Å². The number of aromatic nitrogens is 5. The Hall–Kier alpha value is -7.91. The molecule has 0 saturated carbocycles. The summed E-state index contributed by atoms with van der Waals surface area (Å²) in [6.45, 7) is 1.69. The van der Waals surface area contributed by atoms with Crippen LogP contribution in [0.25, 0.3) is 22.0 Å². The number of hydrogen-bond donors (Lipinski definition) is 9. The van der Waals surface area contributed by atoms with Gasteiger partial charge in [-0.05, 0) is 107 Å². The number of aromatic amines is 1. The van der Waals surface area contributed by atoms with Crippen molar-refractivity contribution in [3.05, 3.63) is 118 Å².